The molecular formula is C19H21N9O3S. The molecule has 0 aliphatic rings. The number of imidazole rings is 1. The molecule has 3 aromatic heterocycles. The molecule has 0 aliphatic heterocycles. The largest absolute Gasteiger partial charge is 0.332 e. The zero-order chi connectivity index (χ0) is 22.8. The number of hydrogen-bond donors (Lipinski definition) is 1. The van der Waals surface area contributed by atoms with E-state index in [1.165, 1.54) is 29.7 Å². The highest BCUT2D eigenvalue weighted by atomic mass is 32.2. The minimum Gasteiger partial charge on any atom is -0.326 e. The van der Waals surface area contributed by atoms with Crippen molar-refractivity contribution in [2.24, 2.45) is 14.1 Å². The van der Waals surface area contributed by atoms with Crippen LogP contribution >= 0.6 is 11.8 Å². The molecule has 0 saturated carbocycles. The van der Waals surface area contributed by atoms with Crippen LogP contribution in [-0.4, -0.2) is 51.1 Å². The molecule has 4 rings (SSSR count). The van der Waals surface area contributed by atoms with E-state index < -0.39 is 11.2 Å². The molecule has 0 bridgehead atoms. The Morgan fingerprint density at radius 3 is 2.78 bits per heavy atom. The van der Waals surface area contributed by atoms with Crippen molar-refractivity contribution in [3.63, 3.8) is 0 Å². The number of benzene rings is 1. The second-order valence-corrected chi connectivity index (χ2v) is 7.87. The first-order valence-corrected chi connectivity index (χ1v) is 11.0. The number of tetrazole rings is 1. The van der Waals surface area contributed by atoms with Crippen LogP contribution in [0.2, 0.25) is 0 Å². The fourth-order valence-electron chi connectivity index (χ4n) is 3.38. The van der Waals surface area contributed by atoms with Crippen LogP contribution in [0.25, 0.3) is 16.9 Å². The predicted octanol–water partition coefficient (Wildman–Crippen LogP) is 0.550. The summed E-state index contributed by atoms with van der Waals surface area (Å²) in [6, 6.07) is 7.25. The number of fused-ring (bicyclic) bond motifs is 1. The number of carbonyl (C=O) groups excluding carboxylic acids is 1. The number of anilines is 1. The van der Waals surface area contributed by atoms with Gasteiger partial charge in [0.15, 0.2) is 11.2 Å². The fourth-order valence-corrected chi connectivity index (χ4v) is 3.82. The number of aryl methyl sites for hydroxylation is 2. The van der Waals surface area contributed by atoms with E-state index in [9.17, 15) is 14.4 Å². The minimum absolute atomic E-state index is 0.159. The first-order chi connectivity index (χ1) is 15.4. The number of hydrogen-bond acceptors (Lipinski definition) is 8. The van der Waals surface area contributed by atoms with E-state index >= 15 is 0 Å². The Morgan fingerprint density at radius 1 is 1.19 bits per heavy atom. The van der Waals surface area contributed by atoms with Crippen molar-refractivity contribution >= 4 is 34.5 Å². The van der Waals surface area contributed by atoms with Crippen LogP contribution in [0.3, 0.4) is 0 Å². The van der Waals surface area contributed by atoms with Crippen LogP contribution in [0.5, 0.6) is 0 Å². The lowest BCUT2D eigenvalue weighted by molar-refractivity contribution is -0.116. The lowest BCUT2D eigenvalue weighted by Crippen LogP contribution is -2.37. The van der Waals surface area contributed by atoms with Gasteiger partial charge in [0.05, 0.1) is 12.0 Å². The number of thioether (sulfide) groups is 1. The van der Waals surface area contributed by atoms with Crippen LogP contribution in [-0.2, 0) is 25.4 Å². The summed E-state index contributed by atoms with van der Waals surface area (Å²) >= 11 is 1.42. The van der Waals surface area contributed by atoms with Gasteiger partial charge in [-0.3, -0.25) is 18.7 Å². The van der Waals surface area contributed by atoms with E-state index in [-0.39, 0.29) is 12.3 Å². The molecule has 0 unspecified atom stereocenters. The Labute approximate surface area is 185 Å². The maximum atomic E-state index is 12.5. The molecule has 1 N–H and O–H groups in total. The quantitative estimate of drug-likeness (QED) is 0.399. The number of aromatic nitrogens is 8. The van der Waals surface area contributed by atoms with E-state index in [0.29, 0.717) is 35.0 Å². The highest BCUT2D eigenvalue weighted by Crippen LogP contribution is 2.19. The van der Waals surface area contributed by atoms with Crippen molar-refractivity contribution in [1.82, 2.24) is 38.9 Å². The van der Waals surface area contributed by atoms with E-state index in [2.05, 4.69) is 25.8 Å². The van der Waals surface area contributed by atoms with Crippen molar-refractivity contribution < 1.29 is 4.79 Å². The van der Waals surface area contributed by atoms with Crippen molar-refractivity contribution in [2.45, 2.75) is 24.5 Å². The summed E-state index contributed by atoms with van der Waals surface area (Å²) in [5.41, 5.74) is 1.20. The van der Waals surface area contributed by atoms with E-state index in [4.69, 9.17) is 0 Å². The molecule has 0 radical (unpaired) electrons. The third kappa shape index (κ3) is 3.93. The Hall–Kier alpha value is -3.74. The number of carbonyl (C=O) groups is 1. The summed E-state index contributed by atoms with van der Waals surface area (Å²) in [7, 11) is 3.00. The highest BCUT2D eigenvalue weighted by Gasteiger charge is 2.14. The second-order valence-electron chi connectivity index (χ2n) is 7.10. The van der Waals surface area contributed by atoms with Crippen molar-refractivity contribution in [3.8, 4) is 5.69 Å². The number of amides is 1. The smallest absolute Gasteiger partial charge is 0.326 e. The first kappa shape index (κ1) is 21.5. The van der Waals surface area contributed by atoms with Gasteiger partial charge in [0.25, 0.3) is 5.56 Å². The fraction of sp³-hybridized carbons (Fsp3) is 0.316. The van der Waals surface area contributed by atoms with Gasteiger partial charge < -0.3 is 9.88 Å². The van der Waals surface area contributed by atoms with E-state index in [1.54, 1.807) is 28.4 Å². The molecule has 0 atom stereocenters. The van der Waals surface area contributed by atoms with Gasteiger partial charge in [0.1, 0.15) is 0 Å². The van der Waals surface area contributed by atoms with Crippen molar-refractivity contribution in [1.29, 1.82) is 0 Å². The zero-order valence-electron chi connectivity index (χ0n) is 17.7. The number of rotatable bonds is 7. The van der Waals surface area contributed by atoms with Gasteiger partial charge in [0, 0.05) is 32.7 Å². The average Bonchev–Trinajstić information content (AvgIpc) is 3.43. The summed E-state index contributed by atoms with van der Waals surface area (Å²) in [4.78, 5) is 41.2. The minimum atomic E-state index is -0.430. The normalized spacial score (nSPS) is 11.2. The van der Waals surface area contributed by atoms with Crippen LogP contribution in [0.15, 0.2) is 45.3 Å². The lowest BCUT2D eigenvalue weighted by Gasteiger charge is -2.09. The second kappa shape index (κ2) is 8.78. The standard InChI is InChI=1S/C19H21N9O3S/c1-25-16-15(17(30)26(2)19(25)31)27(11-20-16)9-5-8-14(29)21-12-6-4-7-13(10-12)28-18(32-3)22-23-24-28/h4,6-7,10-11H,5,8-9H2,1-3H3,(H,21,29). The van der Waals surface area contributed by atoms with Gasteiger partial charge in [0.2, 0.25) is 11.1 Å². The Balaban J connectivity index is 1.42. The Bertz CT molecular complexity index is 1420. The van der Waals surface area contributed by atoms with Gasteiger partial charge >= 0.3 is 5.69 Å². The molecule has 0 spiro atoms. The predicted molar refractivity (Wildman–Crippen MR) is 119 cm³/mol. The van der Waals surface area contributed by atoms with Crippen LogP contribution in [0.1, 0.15) is 12.8 Å². The Kier molecular flexibility index (Phi) is 5.90. The van der Waals surface area contributed by atoms with Crippen molar-refractivity contribution in [2.75, 3.05) is 11.6 Å². The van der Waals surface area contributed by atoms with E-state index in [0.717, 1.165) is 10.3 Å². The third-order valence-corrected chi connectivity index (χ3v) is 5.64. The molecule has 12 nitrogen and oxygen atoms in total. The van der Waals surface area contributed by atoms with E-state index in [1.807, 2.05) is 18.4 Å². The maximum absolute atomic E-state index is 12.5. The molecule has 13 heteroatoms. The summed E-state index contributed by atoms with van der Waals surface area (Å²) in [5, 5.41) is 15.1. The van der Waals surface area contributed by atoms with Gasteiger partial charge in [-0.05, 0) is 41.3 Å². The van der Waals surface area contributed by atoms with Crippen LogP contribution in [0, 0.1) is 0 Å². The molecule has 32 heavy (non-hydrogen) atoms. The molecule has 0 aliphatic carbocycles. The Morgan fingerprint density at radius 2 is 2.00 bits per heavy atom. The van der Waals surface area contributed by atoms with Gasteiger partial charge in [-0.2, -0.15) is 4.68 Å². The van der Waals surface area contributed by atoms with Gasteiger partial charge in [-0.15, -0.1) is 5.10 Å². The molecular weight excluding hydrogens is 434 g/mol. The highest BCUT2D eigenvalue weighted by molar-refractivity contribution is 7.98. The SMILES string of the molecule is CSc1nnnn1-c1cccc(NC(=O)CCCn2cnc3c2c(=O)n(C)c(=O)n3C)c1. The summed E-state index contributed by atoms with van der Waals surface area (Å²) in [5.74, 6) is -0.159. The molecule has 3 heterocycles. The monoisotopic (exact) mass is 455 g/mol. The van der Waals surface area contributed by atoms with Crippen LogP contribution < -0.4 is 16.6 Å². The first-order valence-electron chi connectivity index (χ1n) is 9.74. The zero-order valence-corrected chi connectivity index (χ0v) is 18.5. The molecule has 4 aromatic rings. The molecule has 0 fully saturated rings. The van der Waals surface area contributed by atoms with Crippen LogP contribution in [0.4, 0.5) is 5.69 Å². The van der Waals surface area contributed by atoms with Crippen molar-refractivity contribution in [3.05, 3.63) is 51.4 Å². The summed E-state index contributed by atoms with van der Waals surface area (Å²) in [6.07, 6.45) is 4.14. The van der Waals surface area contributed by atoms with Gasteiger partial charge in [-0.1, -0.05) is 17.8 Å². The number of nitrogens with zero attached hydrogens (tertiary/aromatic N) is 8. The molecule has 1 aromatic carbocycles. The maximum Gasteiger partial charge on any atom is 0.332 e. The van der Waals surface area contributed by atoms with Gasteiger partial charge in [-0.25, -0.2) is 9.78 Å². The lowest BCUT2D eigenvalue weighted by atomic mass is 10.2. The molecule has 0 saturated heterocycles. The molecule has 166 valence electrons. The number of nitrogens with one attached hydrogen (secondary N) is 1. The summed E-state index contributed by atoms with van der Waals surface area (Å²) < 4.78 is 5.65. The molecule has 1 amide bonds. The average molecular weight is 456 g/mol. The third-order valence-electron chi connectivity index (χ3n) is 5.02. The summed E-state index contributed by atoms with van der Waals surface area (Å²) in [6.45, 7) is 0.416. The topological polar surface area (TPSA) is 135 Å².